The molecule has 2 heterocycles. The second-order valence-electron chi connectivity index (χ2n) is 6.41. The fraction of sp³-hybridized carbons (Fsp3) is 0.143. The summed E-state index contributed by atoms with van der Waals surface area (Å²) in [6, 6.07) is 16.2. The van der Waals surface area contributed by atoms with Crippen LogP contribution in [0.25, 0.3) is 10.9 Å². The highest BCUT2D eigenvalue weighted by Gasteiger charge is 2.12. The Morgan fingerprint density at radius 3 is 2.59 bits per heavy atom. The molecule has 27 heavy (non-hydrogen) atoms. The van der Waals surface area contributed by atoms with E-state index in [1.54, 1.807) is 12.1 Å². The molecule has 4 aromatic rings. The van der Waals surface area contributed by atoms with Gasteiger partial charge in [-0.15, -0.1) is 0 Å². The minimum atomic E-state index is -0.246. The Labute approximate surface area is 156 Å². The molecule has 0 bridgehead atoms. The molecule has 3 N–H and O–H groups in total. The Morgan fingerprint density at radius 1 is 1.04 bits per heavy atom. The lowest BCUT2D eigenvalue weighted by atomic mass is 10.0. The van der Waals surface area contributed by atoms with Crippen LogP contribution in [0.4, 0.5) is 16.2 Å². The fourth-order valence-electron chi connectivity index (χ4n) is 3.12. The zero-order valence-electron chi connectivity index (χ0n) is 14.9. The van der Waals surface area contributed by atoms with Crippen LogP contribution in [-0.2, 0) is 13.0 Å². The van der Waals surface area contributed by atoms with Crippen LogP contribution in [0.5, 0.6) is 0 Å². The lowest BCUT2D eigenvalue weighted by Crippen LogP contribution is -2.06. The van der Waals surface area contributed by atoms with Crippen molar-refractivity contribution >= 4 is 22.7 Å². The van der Waals surface area contributed by atoms with Crippen LogP contribution in [-0.4, -0.2) is 9.97 Å². The molecule has 0 aliphatic rings. The summed E-state index contributed by atoms with van der Waals surface area (Å²) < 4.78 is 18.8. The first-order valence-corrected chi connectivity index (χ1v) is 8.67. The SMILES string of the molecule is Cc1ccc(CNc2nc(N)nc3cccc(Cc4ccc(F)cc4)c23)o1. The molecule has 4 rings (SSSR count). The standard InChI is InChI=1S/C21H19FN4O/c1-13-5-10-17(27-13)12-24-20-19-15(11-14-6-8-16(22)9-7-14)3-2-4-18(19)25-21(23)26-20/h2-10H,11-12H2,1H3,(H3,23,24,25,26). The summed E-state index contributed by atoms with van der Waals surface area (Å²) in [5.74, 6) is 2.29. The summed E-state index contributed by atoms with van der Waals surface area (Å²) in [7, 11) is 0. The van der Waals surface area contributed by atoms with Gasteiger partial charge in [0.15, 0.2) is 0 Å². The minimum absolute atomic E-state index is 0.208. The highest BCUT2D eigenvalue weighted by atomic mass is 19.1. The Balaban J connectivity index is 1.71. The van der Waals surface area contributed by atoms with E-state index in [0.717, 1.165) is 33.6 Å². The predicted octanol–water partition coefficient (Wildman–Crippen LogP) is 4.46. The molecule has 5 nitrogen and oxygen atoms in total. The molecule has 0 spiro atoms. The molecule has 0 aliphatic heterocycles. The number of furan rings is 1. The largest absolute Gasteiger partial charge is 0.465 e. The molecule has 6 heteroatoms. The van der Waals surface area contributed by atoms with Crippen LogP contribution in [0.15, 0.2) is 59.0 Å². The van der Waals surface area contributed by atoms with E-state index >= 15 is 0 Å². The molecule has 0 radical (unpaired) electrons. The van der Waals surface area contributed by atoms with Crippen LogP contribution in [0.3, 0.4) is 0 Å². The third-order valence-electron chi connectivity index (χ3n) is 4.36. The van der Waals surface area contributed by atoms with E-state index in [9.17, 15) is 4.39 Å². The van der Waals surface area contributed by atoms with Gasteiger partial charge in [-0.2, -0.15) is 4.98 Å². The molecule has 136 valence electrons. The van der Waals surface area contributed by atoms with Crippen molar-refractivity contribution in [2.45, 2.75) is 19.9 Å². The van der Waals surface area contributed by atoms with E-state index in [2.05, 4.69) is 15.3 Å². The van der Waals surface area contributed by atoms with Crippen LogP contribution in [0.2, 0.25) is 0 Å². The van der Waals surface area contributed by atoms with Gasteiger partial charge in [0, 0.05) is 5.39 Å². The highest BCUT2D eigenvalue weighted by Crippen LogP contribution is 2.27. The maximum Gasteiger partial charge on any atom is 0.222 e. The number of rotatable bonds is 5. The number of hydrogen-bond acceptors (Lipinski definition) is 5. The van der Waals surface area contributed by atoms with Gasteiger partial charge in [0.2, 0.25) is 5.95 Å². The van der Waals surface area contributed by atoms with Crippen LogP contribution in [0.1, 0.15) is 22.6 Å². The number of nitrogens with one attached hydrogen (secondary N) is 1. The number of hydrogen-bond donors (Lipinski definition) is 2. The van der Waals surface area contributed by atoms with Crippen molar-refractivity contribution in [3.05, 3.63) is 83.1 Å². The van der Waals surface area contributed by atoms with Gasteiger partial charge in [-0.3, -0.25) is 0 Å². The Kier molecular flexibility index (Phi) is 4.46. The Morgan fingerprint density at radius 2 is 1.85 bits per heavy atom. The highest BCUT2D eigenvalue weighted by molar-refractivity contribution is 5.93. The summed E-state index contributed by atoms with van der Waals surface area (Å²) >= 11 is 0. The molecule has 0 saturated carbocycles. The lowest BCUT2D eigenvalue weighted by molar-refractivity contribution is 0.490. The van der Waals surface area contributed by atoms with Crippen molar-refractivity contribution in [3.8, 4) is 0 Å². The maximum absolute atomic E-state index is 13.2. The van der Waals surface area contributed by atoms with Crippen LogP contribution < -0.4 is 11.1 Å². The first-order chi connectivity index (χ1) is 13.1. The van der Waals surface area contributed by atoms with Gasteiger partial charge in [0.25, 0.3) is 0 Å². The maximum atomic E-state index is 13.2. The molecule has 0 saturated heterocycles. The normalized spacial score (nSPS) is 11.0. The third kappa shape index (κ3) is 3.74. The van der Waals surface area contributed by atoms with Crippen molar-refractivity contribution in [2.75, 3.05) is 11.1 Å². The van der Waals surface area contributed by atoms with Crippen LogP contribution >= 0.6 is 0 Å². The second kappa shape index (κ2) is 7.07. The molecule has 0 aliphatic carbocycles. The number of benzene rings is 2. The number of aryl methyl sites for hydroxylation is 1. The molecule has 2 aromatic carbocycles. The molecule has 0 amide bonds. The van der Waals surface area contributed by atoms with Gasteiger partial charge in [0.1, 0.15) is 23.2 Å². The quantitative estimate of drug-likeness (QED) is 0.548. The zero-order chi connectivity index (χ0) is 18.8. The monoisotopic (exact) mass is 362 g/mol. The molecule has 2 aromatic heterocycles. The smallest absolute Gasteiger partial charge is 0.222 e. The summed E-state index contributed by atoms with van der Waals surface area (Å²) in [5.41, 5.74) is 8.70. The van der Waals surface area contributed by atoms with Gasteiger partial charge in [0.05, 0.1) is 12.1 Å². The topological polar surface area (TPSA) is 77.0 Å². The molecule has 0 unspecified atom stereocenters. The van der Waals surface area contributed by atoms with Crippen molar-refractivity contribution in [3.63, 3.8) is 0 Å². The number of halogens is 1. The van der Waals surface area contributed by atoms with E-state index in [0.29, 0.717) is 18.8 Å². The van der Waals surface area contributed by atoms with Crippen molar-refractivity contribution < 1.29 is 8.81 Å². The Bertz CT molecular complexity index is 1090. The van der Waals surface area contributed by atoms with Crippen molar-refractivity contribution in [1.82, 2.24) is 9.97 Å². The van der Waals surface area contributed by atoms with E-state index in [-0.39, 0.29) is 11.8 Å². The molecule has 0 fully saturated rings. The van der Waals surface area contributed by atoms with Gasteiger partial charge in [-0.1, -0.05) is 24.3 Å². The number of nitrogens with zero attached hydrogens (tertiary/aromatic N) is 2. The van der Waals surface area contributed by atoms with Crippen molar-refractivity contribution in [1.29, 1.82) is 0 Å². The Hall–Kier alpha value is -3.41. The van der Waals surface area contributed by atoms with Gasteiger partial charge in [-0.25, -0.2) is 9.37 Å². The van der Waals surface area contributed by atoms with E-state index < -0.39 is 0 Å². The summed E-state index contributed by atoms with van der Waals surface area (Å²) in [5, 5.41) is 4.21. The van der Waals surface area contributed by atoms with Crippen LogP contribution in [0, 0.1) is 12.7 Å². The first-order valence-electron chi connectivity index (χ1n) is 8.67. The first kappa shape index (κ1) is 17.0. The van der Waals surface area contributed by atoms with Gasteiger partial charge in [-0.05, 0) is 54.8 Å². The fourth-order valence-corrected chi connectivity index (χ4v) is 3.12. The summed E-state index contributed by atoms with van der Waals surface area (Å²) in [6.45, 7) is 2.40. The minimum Gasteiger partial charge on any atom is -0.465 e. The third-order valence-corrected chi connectivity index (χ3v) is 4.36. The molecular formula is C21H19FN4O. The summed E-state index contributed by atoms with van der Waals surface area (Å²) in [6.07, 6.45) is 0.638. The average Bonchev–Trinajstić information content (AvgIpc) is 3.07. The number of aromatic nitrogens is 2. The van der Waals surface area contributed by atoms with E-state index in [4.69, 9.17) is 10.2 Å². The van der Waals surface area contributed by atoms with E-state index in [1.165, 1.54) is 12.1 Å². The van der Waals surface area contributed by atoms with Gasteiger partial charge >= 0.3 is 0 Å². The summed E-state index contributed by atoms with van der Waals surface area (Å²) in [4.78, 5) is 8.75. The predicted molar refractivity (Wildman–Crippen MR) is 104 cm³/mol. The van der Waals surface area contributed by atoms with Crippen molar-refractivity contribution in [2.24, 2.45) is 0 Å². The average molecular weight is 362 g/mol. The molecule has 0 atom stereocenters. The number of fused-ring (bicyclic) bond motifs is 1. The molecular weight excluding hydrogens is 343 g/mol. The lowest BCUT2D eigenvalue weighted by Gasteiger charge is -2.12. The second-order valence-corrected chi connectivity index (χ2v) is 6.41. The number of anilines is 2. The zero-order valence-corrected chi connectivity index (χ0v) is 14.9. The van der Waals surface area contributed by atoms with E-state index in [1.807, 2.05) is 37.3 Å². The van der Waals surface area contributed by atoms with Gasteiger partial charge < -0.3 is 15.5 Å². The number of nitrogen functional groups attached to an aromatic ring is 1. The number of nitrogens with two attached hydrogens (primary N) is 1.